The minimum absolute atomic E-state index is 0.0221. The Morgan fingerprint density at radius 1 is 1.41 bits per heavy atom. The maximum atomic E-state index is 13.1. The molecule has 1 fully saturated rings. The van der Waals surface area contributed by atoms with E-state index >= 15 is 0 Å². The van der Waals surface area contributed by atoms with Crippen LogP contribution in [0.1, 0.15) is 49.0 Å². The highest BCUT2D eigenvalue weighted by molar-refractivity contribution is 6.11. The molecular formula is C22H29N5O2. The van der Waals surface area contributed by atoms with E-state index < -0.39 is 0 Å². The molecule has 1 aliphatic rings. The number of aliphatic hydroxyl groups excluding tert-OH is 1. The van der Waals surface area contributed by atoms with E-state index in [2.05, 4.69) is 15.6 Å². The molecule has 6 N–H and O–H groups in total. The van der Waals surface area contributed by atoms with E-state index in [0.29, 0.717) is 29.2 Å². The van der Waals surface area contributed by atoms with E-state index in [9.17, 15) is 9.90 Å². The third-order valence-corrected chi connectivity index (χ3v) is 5.16. The van der Waals surface area contributed by atoms with E-state index in [1.54, 1.807) is 6.20 Å². The third kappa shape index (κ3) is 4.74. The van der Waals surface area contributed by atoms with Crippen LogP contribution < -0.4 is 16.4 Å². The standard InChI is InChI=1S/C22H29N5O2/c1-13(2)26-21-17-9-15(16(10-23)11-24)5-6-20(17)25-12-18(21)22(29)27-19(7-8-28)14-3-4-14/h5-6,9-14,19,23,28H,3-4,7-8,24H2,1-2H3,(H,25,26)(H,27,29)/b16-11+,23-10?. The molecule has 0 saturated heterocycles. The van der Waals surface area contributed by atoms with Crippen molar-refractivity contribution >= 4 is 34.3 Å². The molecule has 1 atom stereocenters. The zero-order chi connectivity index (χ0) is 21.0. The Bertz CT molecular complexity index is 934. The van der Waals surface area contributed by atoms with E-state index in [-0.39, 0.29) is 24.6 Å². The van der Waals surface area contributed by atoms with Crippen molar-refractivity contribution < 1.29 is 9.90 Å². The maximum Gasteiger partial charge on any atom is 0.255 e. The number of pyridine rings is 1. The summed E-state index contributed by atoms with van der Waals surface area (Å²) in [5.74, 6) is 0.248. The van der Waals surface area contributed by atoms with Gasteiger partial charge in [-0.25, -0.2) is 0 Å². The van der Waals surface area contributed by atoms with Crippen molar-refractivity contribution in [2.24, 2.45) is 11.7 Å². The van der Waals surface area contributed by atoms with Crippen LogP contribution in [0.25, 0.3) is 16.5 Å². The van der Waals surface area contributed by atoms with Gasteiger partial charge in [0.05, 0.1) is 16.8 Å². The highest BCUT2D eigenvalue weighted by Crippen LogP contribution is 2.35. The first kappa shape index (κ1) is 20.8. The second-order valence-corrected chi connectivity index (χ2v) is 7.77. The predicted molar refractivity (Wildman–Crippen MR) is 117 cm³/mol. The van der Waals surface area contributed by atoms with Crippen LogP contribution in [-0.2, 0) is 0 Å². The Balaban J connectivity index is 2.05. The van der Waals surface area contributed by atoms with Crippen LogP contribution in [0.15, 0.2) is 30.6 Å². The van der Waals surface area contributed by atoms with Gasteiger partial charge in [-0.2, -0.15) is 0 Å². The normalized spacial score (nSPS) is 15.4. The number of carbonyl (C=O) groups is 1. The molecule has 3 rings (SSSR count). The van der Waals surface area contributed by atoms with Gasteiger partial charge < -0.3 is 26.9 Å². The van der Waals surface area contributed by atoms with Gasteiger partial charge >= 0.3 is 0 Å². The third-order valence-electron chi connectivity index (χ3n) is 5.16. The number of aliphatic hydroxyl groups is 1. The minimum Gasteiger partial charge on any atom is -0.404 e. The fourth-order valence-electron chi connectivity index (χ4n) is 3.53. The van der Waals surface area contributed by atoms with Gasteiger partial charge in [-0.05, 0) is 56.7 Å². The molecule has 1 heterocycles. The number of benzene rings is 1. The summed E-state index contributed by atoms with van der Waals surface area (Å²) in [5.41, 5.74) is 8.96. The number of anilines is 1. The number of nitrogens with two attached hydrogens (primary N) is 1. The number of hydrogen-bond donors (Lipinski definition) is 5. The number of fused-ring (bicyclic) bond motifs is 1. The first-order valence-electron chi connectivity index (χ1n) is 10.0. The van der Waals surface area contributed by atoms with Crippen molar-refractivity contribution in [1.82, 2.24) is 10.3 Å². The van der Waals surface area contributed by atoms with Crippen molar-refractivity contribution in [2.45, 2.75) is 45.2 Å². The number of amides is 1. The number of hydrogen-bond acceptors (Lipinski definition) is 6. The Morgan fingerprint density at radius 2 is 2.17 bits per heavy atom. The number of allylic oxidation sites excluding steroid dienone is 1. The van der Waals surface area contributed by atoms with Crippen molar-refractivity contribution in [1.29, 1.82) is 5.41 Å². The zero-order valence-electron chi connectivity index (χ0n) is 16.9. The molecule has 1 unspecified atom stereocenters. The van der Waals surface area contributed by atoms with Crippen LogP contribution in [0, 0.1) is 11.3 Å². The summed E-state index contributed by atoms with van der Waals surface area (Å²) in [6.45, 7) is 4.08. The molecule has 7 heteroatoms. The molecule has 2 aromatic rings. The second kappa shape index (κ2) is 9.05. The number of nitrogens with one attached hydrogen (secondary N) is 3. The largest absolute Gasteiger partial charge is 0.404 e. The van der Waals surface area contributed by atoms with E-state index in [0.717, 1.165) is 29.3 Å². The molecule has 1 saturated carbocycles. The lowest BCUT2D eigenvalue weighted by Gasteiger charge is -2.21. The van der Waals surface area contributed by atoms with Crippen LogP contribution >= 0.6 is 0 Å². The van der Waals surface area contributed by atoms with Crippen LogP contribution in [0.2, 0.25) is 0 Å². The molecule has 7 nitrogen and oxygen atoms in total. The summed E-state index contributed by atoms with van der Waals surface area (Å²) in [7, 11) is 0. The van der Waals surface area contributed by atoms with Gasteiger partial charge in [-0.1, -0.05) is 6.07 Å². The first-order chi connectivity index (χ1) is 14.0. The van der Waals surface area contributed by atoms with Gasteiger partial charge in [-0.3, -0.25) is 9.78 Å². The van der Waals surface area contributed by atoms with Crippen molar-refractivity contribution in [3.8, 4) is 0 Å². The first-order valence-corrected chi connectivity index (χ1v) is 10.0. The topological polar surface area (TPSA) is 124 Å². The van der Waals surface area contributed by atoms with Crippen molar-refractivity contribution in [3.63, 3.8) is 0 Å². The quantitative estimate of drug-likeness (QED) is 0.418. The summed E-state index contributed by atoms with van der Waals surface area (Å²) in [6, 6.07) is 5.72. The average molecular weight is 396 g/mol. The number of carbonyl (C=O) groups excluding carboxylic acids is 1. The molecule has 29 heavy (non-hydrogen) atoms. The summed E-state index contributed by atoms with van der Waals surface area (Å²) < 4.78 is 0. The molecule has 1 aliphatic carbocycles. The molecule has 0 aliphatic heterocycles. The fourth-order valence-corrected chi connectivity index (χ4v) is 3.53. The maximum absolute atomic E-state index is 13.1. The molecule has 154 valence electrons. The zero-order valence-corrected chi connectivity index (χ0v) is 16.9. The van der Waals surface area contributed by atoms with Gasteiger partial charge in [0.25, 0.3) is 5.91 Å². The lowest BCUT2D eigenvalue weighted by atomic mass is 10.0. The van der Waals surface area contributed by atoms with Gasteiger partial charge in [-0.15, -0.1) is 0 Å². The smallest absolute Gasteiger partial charge is 0.255 e. The average Bonchev–Trinajstić information content (AvgIpc) is 3.53. The lowest BCUT2D eigenvalue weighted by molar-refractivity contribution is 0.0925. The monoisotopic (exact) mass is 395 g/mol. The summed E-state index contributed by atoms with van der Waals surface area (Å²) in [5, 5.41) is 24.2. The van der Waals surface area contributed by atoms with E-state index in [4.69, 9.17) is 11.1 Å². The molecule has 1 aromatic heterocycles. The fraction of sp³-hybridized carbons (Fsp3) is 0.409. The van der Waals surface area contributed by atoms with Crippen molar-refractivity contribution in [2.75, 3.05) is 11.9 Å². The predicted octanol–water partition coefficient (Wildman–Crippen LogP) is 2.90. The van der Waals surface area contributed by atoms with Crippen LogP contribution in [0.3, 0.4) is 0 Å². The number of rotatable bonds is 9. The molecule has 0 radical (unpaired) electrons. The van der Waals surface area contributed by atoms with Gasteiger partial charge in [0, 0.05) is 48.3 Å². The summed E-state index contributed by atoms with van der Waals surface area (Å²) in [4.78, 5) is 17.6. The van der Waals surface area contributed by atoms with Crippen LogP contribution in [0.4, 0.5) is 5.69 Å². The van der Waals surface area contributed by atoms with Crippen LogP contribution in [-0.4, -0.2) is 40.9 Å². The highest BCUT2D eigenvalue weighted by atomic mass is 16.3. The van der Waals surface area contributed by atoms with Gasteiger partial charge in [0.1, 0.15) is 0 Å². The summed E-state index contributed by atoms with van der Waals surface area (Å²) >= 11 is 0. The SMILES string of the molecule is CC(C)Nc1c(C(=O)NC(CCO)C2CC2)cnc2ccc(/C(C=N)=C/N)cc12. The van der Waals surface area contributed by atoms with Crippen LogP contribution in [0.5, 0.6) is 0 Å². The Morgan fingerprint density at radius 3 is 2.76 bits per heavy atom. The Kier molecular flexibility index (Phi) is 6.49. The molecule has 1 amide bonds. The molecular weight excluding hydrogens is 366 g/mol. The molecule has 1 aromatic carbocycles. The minimum atomic E-state index is -0.194. The van der Waals surface area contributed by atoms with Crippen molar-refractivity contribution in [3.05, 3.63) is 41.7 Å². The molecule has 0 spiro atoms. The summed E-state index contributed by atoms with van der Waals surface area (Å²) in [6.07, 6.45) is 6.91. The van der Waals surface area contributed by atoms with E-state index in [1.165, 1.54) is 12.4 Å². The highest BCUT2D eigenvalue weighted by Gasteiger charge is 2.32. The van der Waals surface area contributed by atoms with Gasteiger partial charge in [0.15, 0.2) is 0 Å². The van der Waals surface area contributed by atoms with Gasteiger partial charge in [0.2, 0.25) is 0 Å². The lowest BCUT2D eigenvalue weighted by Crippen LogP contribution is -2.37. The number of nitrogens with zero attached hydrogens (tertiary/aromatic N) is 1. The number of aromatic nitrogens is 1. The Hall–Kier alpha value is -2.93. The molecule has 0 bridgehead atoms. The van der Waals surface area contributed by atoms with E-state index in [1.807, 2.05) is 32.0 Å². The Labute approximate surface area is 170 Å². The second-order valence-electron chi connectivity index (χ2n) is 7.77.